The normalized spacial score (nSPS) is 20.1. The predicted molar refractivity (Wildman–Crippen MR) is 153 cm³/mol. The van der Waals surface area contributed by atoms with Gasteiger partial charge in [-0.15, -0.1) is 10.2 Å². The van der Waals surface area contributed by atoms with Gasteiger partial charge in [-0.05, 0) is 62.0 Å². The summed E-state index contributed by atoms with van der Waals surface area (Å²) in [6.07, 6.45) is 3.53. The third kappa shape index (κ3) is 6.84. The zero-order valence-corrected chi connectivity index (χ0v) is 24.2. The minimum absolute atomic E-state index is 0. The minimum atomic E-state index is -0.533. The number of aromatic nitrogens is 1. The molecule has 2 aromatic rings. The van der Waals surface area contributed by atoms with Crippen molar-refractivity contribution >= 4 is 30.8 Å². The zero-order chi connectivity index (χ0) is 27.3. The summed E-state index contributed by atoms with van der Waals surface area (Å²) in [6, 6.07) is 8.71. The lowest BCUT2D eigenvalue weighted by Crippen LogP contribution is -2.35. The highest BCUT2D eigenvalue weighted by Gasteiger charge is 2.34. The fourth-order valence-electron chi connectivity index (χ4n) is 4.95. The Morgan fingerprint density at radius 3 is 2.55 bits per heavy atom. The van der Waals surface area contributed by atoms with E-state index in [0.717, 1.165) is 25.7 Å². The second-order valence-electron chi connectivity index (χ2n) is 10.7. The van der Waals surface area contributed by atoms with Crippen LogP contribution in [0.2, 0.25) is 0 Å². The number of azo groups is 1. The van der Waals surface area contributed by atoms with Crippen molar-refractivity contribution in [2.75, 3.05) is 0 Å². The summed E-state index contributed by atoms with van der Waals surface area (Å²) in [4.78, 5) is 26.4. The van der Waals surface area contributed by atoms with Crippen molar-refractivity contribution in [3.05, 3.63) is 51.3 Å². The summed E-state index contributed by atoms with van der Waals surface area (Å²) < 4.78 is 7.16. The number of carbonyl (C=O) groups is 1. The second kappa shape index (κ2) is 13.6. The Hall–Kier alpha value is -3.12. The van der Waals surface area contributed by atoms with Gasteiger partial charge in [0.25, 0.3) is 5.56 Å². The first-order valence-corrected chi connectivity index (χ1v) is 13.2. The molecule has 1 N–H and O–H groups in total. The van der Waals surface area contributed by atoms with E-state index in [-0.39, 0.29) is 66.0 Å². The number of benzene rings is 1. The lowest BCUT2D eigenvalue weighted by Gasteiger charge is -2.36. The zero-order valence-electron chi connectivity index (χ0n) is 23.2. The van der Waals surface area contributed by atoms with E-state index in [9.17, 15) is 20.0 Å². The number of nitrogens with zero attached hydrogens (tertiary/aromatic N) is 4. The van der Waals surface area contributed by atoms with Crippen molar-refractivity contribution in [1.29, 1.82) is 5.26 Å². The van der Waals surface area contributed by atoms with E-state index in [0.29, 0.717) is 17.8 Å². The highest BCUT2D eigenvalue weighted by molar-refractivity contribution is 7.59. The summed E-state index contributed by atoms with van der Waals surface area (Å²) in [6.45, 7) is 12.3. The van der Waals surface area contributed by atoms with Crippen LogP contribution in [0.15, 0.2) is 39.3 Å². The summed E-state index contributed by atoms with van der Waals surface area (Å²) in [5, 5.41) is 28.6. The summed E-state index contributed by atoms with van der Waals surface area (Å²) in [5.41, 5.74) is 0.193. The first-order chi connectivity index (χ1) is 17.6. The van der Waals surface area contributed by atoms with Gasteiger partial charge in [0, 0.05) is 12.1 Å². The van der Waals surface area contributed by atoms with Gasteiger partial charge in [0.05, 0.1) is 5.56 Å². The minimum Gasteiger partial charge on any atom is -0.493 e. The van der Waals surface area contributed by atoms with Crippen LogP contribution in [0.1, 0.15) is 81.8 Å². The molecule has 4 unspecified atom stereocenters. The molecule has 0 saturated heterocycles. The molecule has 1 aromatic heterocycles. The van der Waals surface area contributed by atoms with Crippen LogP contribution in [0.25, 0.3) is 0 Å². The van der Waals surface area contributed by atoms with Crippen molar-refractivity contribution in [3.63, 3.8) is 0 Å². The van der Waals surface area contributed by atoms with Crippen LogP contribution in [0, 0.1) is 41.9 Å². The van der Waals surface area contributed by atoms with Crippen LogP contribution >= 0.6 is 13.5 Å². The van der Waals surface area contributed by atoms with E-state index in [1.54, 1.807) is 31.2 Å². The van der Waals surface area contributed by atoms with Gasteiger partial charge in [0.1, 0.15) is 23.4 Å². The summed E-state index contributed by atoms with van der Waals surface area (Å²) in [7, 11) is 0. The van der Waals surface area contributed by atoms with Gasteiger partial charge in [0.15, 0.2) is 5.69 Å². The van der Waals surface area contributed by atoms with Crippen LogP contribution < -0.4 is 5.56 Å². The number of esters is 1. The largest absolute Gasteiger partial charge is 0.493 e. The Bertz CT molecular complexity index is 1260. The van der Waals surface area contributed by atoms with E-state index < -0.39 is 11.5 Å². The van der Waals surface area contributed by atoms with Crippen LogP contribution in [0.5, 0.6) is 5.88 Å². The summed E-state index contributed by atoms with van der Waals surface area (Å²) >= 11 is 0. The molecule has 4 atom stereocenters. The van der Waals surface area contributed by atoms with E-state index in [1.807, 2.05) is 19.9 Å². The van der Waals surface area contributed by atoms with Gasteiger partial charge in [-0.2, -0.15) is 18.8 Å². The van der Waals surface area contributed by atoms with Crippen molar-refractivity contribution in [3.8, 4) is 11.9 Å². The van der Waals surface area contributed by atoms with Crippen molar-refractivity contribution in [2.24, 2.45) is 33.9 Å². The second-order valence-corrected chi connectivity index (χ2v) is 10.7. The van der Waals surface area contributed by atoms with E-state index in [4.69, 9.17) is 4.74 Å². The molecule has 8 nitrogen and oxygen atoms in total. The Kier molecular flexibility index (Phi) is 11.1. The van der Waals surface area contributed by atoms with Crippen molar-refractivity contribution in [1.82, 2.24) is 4.57 Å². The third-order valence-corrected chi connectivity index (χ3v) is 7.55. The standard InChI is InChI=1S/C29H38N4O4.H2S/c1-7-18(4)16-33-27(34)23(15-30)20(6)26(28(33)35)32-31-24-11-9-8-10-21(24)29(36)37-25-13-12-19(5)14-22(25)17(2)3;/h8-11,17-19,22,25,34H,7,12-14,16H2,1-6H3;1H2. The van der Waals surface area contributed by atoms with Gasteiger partial charge in [0.2, 0.25) is 5.88 Å². The van der Waals surface area contributed by atoms with Crippen molar-refractivity contribution < 1.29 is 14.6 Å². The average Bonchev–Trinajstić information content (AvgIpc) is 2.87. The Morgan fingerprint density at radius 1 is 1.24 bits per heavy atom. The highest BCUT2D eigenvalue weighted by Crippen LogP contribution is 2.36. The fourth-order valence-corrected chi connectivity index (χ4v) is 4.95. The molecule has 1 aliphatic rings. The quantitative estimate of drug-likeness (QED) is 0.288. The number of hydrogen-bond donors (Lipinski definition) is 1. The molecule has 0 aliphatic heterocycles. The van der Waals surface area contributed by atoms with Crippen LogP contribution in [-0.2, 0) is 11.3 Å². The van der Waals surface area contributed by atoms with E-state index in [1.165, 1.54) is 4.57 Å². The van der Waals surface area contributed by atoms with E-state index >= 15 is 0 Å². The molecule has 0 spiro atoms. The van der Waals surface area contributed by atoms with Crippen molar-refractivity contribution in [2.45, 2.75) is 79.9 Å². The molecular weight excluding hydrogens is 500 g/mol. The van der Waals surface area contributed by atoms with Crippen LogP contribution in [0.3, 0.4) is 0 Å². The molecule has 1 fully saturated rings. The molecule has 1 aromatic carbocycles. The molecule has 1 aliphatic carbocycles. The maximum atomic E-state index is 13.2. The Balaban J connectivity index is 0.00000507. The van der Waals surface area contributed by atoms with Crippen LogP contribution in [-0.4, -0.2) is 21.7 Å². The summed E-state index contributed by atoms with van der Waals surface area (Å²) in [5.74, 6) is 0.591. The fraction of sp³-hybridized carbons (Fsp3) is 0.552. The van der Waals surface area contributed by atoms with Gasteiger partial charge in [-0.3, -0.25) is 9.36 Å². The van der Waals surface area contributed by atoms with E-state index in [2.05, 4.69) is 31.0 Å². The smallest absolute Gasteiger partial charge is 0.340 e. The molecule has 3 rings (SSSR count). The average molecular weight is 541 g/mol. The number of nitriles is 1. The monoisotopic (exact) mass is 540 g/mol. The Labute approximate surface area is 232 Å². The molecule has 1 saturated carbocycles. The predicted octanol–water partition coefficient (Wildman–Crippen LogP) is 6.93. The molecule has 206 valence electrons. The number of hydrogen-bond acceptors (Lipinski definition) is 7. The third-order valence-electron chi connectivity index (χ3n) is 7.55. The van der Waals surface area contributed by atoms with Gasteiger partial charge in [-0.25, -0.2) is 4.79 Å². The lowest BCUT2D eigenvalue weighted by atomic mass is 9.75. The van der Waals surface area contributed by atoms with Gasteiger partial charge >= 0.3 is 5.97 Å². The number of rotatable bonds is 8. The number of ether oxygens (including phenoxy) is 1. The molecule has 0 bridgehead atoms. The lowest BCUT2D eigenvalue weighted by molar-refractivity contribution is -0.0160. The van der Waals surface area contributed by atoms with Gasteiger partial charge in [-0.1, -0.05) is 53.2 Å². The number of carbonyl (C=O) groups excluding carboxylic acids is 1. The maximum absolute atomic E-state index is 13.2. The molecule has 0 radical (unpaired) electrons. The molecule has 38 heavy (non-hydrogen) atoms. The Morgan fingerprint density at radius 2 is 1.92 bits per heavy atom. The first-order valence-electron chi connectivity index (χ1n) is 13.2. The number of aromatic hydroxyl groups is 1. The maximum Gasteiger partial charge on any atom is 0.340 e. The molecule has 0 amide bonds. The topological polar surface area (TPSA) is 117 Å². The first kappa shape index (κ1) is 31.1. The highest BCUT2D eigenvalue weighted by atomic mass is 32.1. The number of pyridine rings is 1. The molecular formula is C29H40N4O4S. The SMILES string of the molecule is CCC(C)Cn1c(O)c(C#N)c(C)c(N=Nc2ccccc2C(=O)OC2CCC(C)CC2C(C)C)c1=O.S. The molecule has 1 heterocycles. The van der Waals surface area contributed by atoms with Crippen LogP contribution in [0.4, 0.5) is 11.4 Å². The van der Waals surface area contributed by atoms with Gasteiger partial charge < -0.3 is 9.84 Å². The molecule has 9 heteroatoms.